The van der Waals surface area contributed by atoms with Gasteiger partial charge in [0.2, 0.25) is 0 Å². The van der Waals surface area contributed by atoms with Crippen LogP contribution in [0.5, 0.6) is 5.75 Å². The first-order valence-electron chi connectivity index (χ1n) is 9.20. The highest BCUT2D eigenvalue weighted by molar-refractivity contribution is 7.08. The van der Waals surface area contributed by atoms with E-state index in [4.69, 9.17) is 9.73 Å². The minimum absolute atomic E-state index is 0.121. The summed E-state index contributed by atoms with van der Waals surface area (Å²) >= 11 is 1.58. The van der Waals surface area contributed by atoms with Gasteiger partial charge in [0.05, 0.1) is 20.2 Å². The van der Waals surface area contributed by atoms with Crippen molar-refractivity contribution in [2.75, 3.05) is 26.7 Å². The number of benzene rings is 1. The lowest BCUT2D eigenvalue weighted by Gasteiger charge is -2.26. The minimum Gasteiger partial charge on any atom is -0.497 e. The third kappa shape index (κ3) is 5.97. The van der Waals surface area contributed by atoms with Gasteiger partial charge in [0.1, 0.15) is 11.4 Å². The number of rotatable bonds is 8. The van der Waals surface area contributed by atoms with Gasteiger partial charge >= 0.3 is 0 Å². The van der Waals surface area contributed by atoms with Gasteiger partial charge in [0.25, 0.3) is 0 Å². The smallest absolute Gasteiger partial charge is 0.191 e. The molecule has 3 N–H and O–H groups in total. The van der Waals surface area contributed by atoms with E-state index in [1.54, 1.807) is 18.4 Å². The maximum atomic E-state index is 10.7. The Morgan fingerprint density at radius 2 is 1.81 bits per heavy atom. The van der Waals surface area contributed by atoms with Crippen molar-refractivity contribution in [2.24, 2.45) is 4.99 Å². The molecule has 5 nitrogen and oxygen atoms in total. The summed E-state index contributed by atoms with van der Waals surface area (Å²) < 4.78 is 5.24. The van der Waals surface area contributed by atoms with E-state index in [-0.39, 0.29) is 5.41 Å². The zero-order valence-corrected chi connectivity index (χ0v) is 17.7. The van der Waals surface area contributed by atoms with Crippen LogP contribution in [0.2, 0.25) is 0 Å². The zero-order chi connectivity index (χ0) is 19.9. The fourth-order valence-electron chi connectivity index (χ4n) is 2.68. The number of ether oxygens (including phenoxy) is 1. The van der Waals surface area contributed by atoms with Crippen LogP contribution in [-0.2, 0) is 11.0 Å². The number of aliphatic hydroxyl groups is 1. The molecule has 0 bridgehead atoms. The quantitative estimate of drug-likeness (QED) is 0.478. The summed E-state index contributed by atoms with van der Waals surface area (Å²) in [6.45, 7) is 9.95. The third-order valence-electron chi connectivity index (χ3n) is 4.59. The van der Waals surface area contributed by atoms with Crippen LogP contribution in [0, 0.1) is 0 Å². The molecule has 1 aromatic carbocycles. The van der Waals surface area contributed by atoms with Crippen molar-refractivity contribution in [1.82, 2.24) is 10.6 Å². The van der Waals surface area contributed by atoms with Gasteiger partial charge in [-0.1, -0.05) is 26.0 Å². The Hall–Kier alpha value is -2.05. The Balaban J connectivity index is 2.04. The summed E-state index contributed by atoms with van der Waals surface area (Å²) in [5, 5.41) is 21.2. The van der Waals surface area contributed by atoms with Crippen molar-refractivity contribution in [3.63, 3.8) is 0 Å². The van der Waals surface area contributed by atoms with Gasteiger partial charge in [-0.15, -0.1) is 0 Å². The van der Waals surface area contributed by atoms with E-state index in [0.717, 1.165) is 17.9 Å². The van der Waals surface area contributed by atoms with E-state index in [0.29, 0.717) is 19.0 Å². The van der Waals surface area contributed by atoms with Crippen molar-refractivity contribution < 1.29 is 9.84 Å². The van der Waals surface area contributed by atoms with Crippen LogP contribution in [0.3, 0.4) is 0 Å². The molecule has 0 aliphatic carbocycles. The number of nitrogens with zero attached hydrogens (tertiary/aromatic N) is 1. The molecular formula is C21H31N3O2S. The molecule has 2 aromatic rings. The molecule has 0 aliphatic rings. The Morgan fingerprint density at radius 1 is 1.11 bits per heavy atom. The van der Waals surface area contributed by atoms with Crippen molar-refractivity contribution in [2.45, 2.75) is 38.7 Å². The molecule has 0 fully saturated rings. The molecule has 148 valence electrons. The summed E-state index contributed by atoms with van der Waals surface area (Å²) in [7, 11) is 1.67. The second kappa shape index (κ2) is 9.24. The molecule has 1 unspecified atom stereocenters. The van der Waals surface area contributed by atoms with Crippen LogP contribution in [-0.4, -0.2) is 37.8 Å². The molecule has 6 heteroatoms. The summed E-state index contributed by atoms with van der Waals surface area (Å²) in [6, 6.07) is 10.1. The van der Waals surface area contributed by atoms with Gasteiger partial charge in [-0.3, -0.25) is 4.99 Å². The fraction of sp³-hybridized carbons (Fsp3) is 0.476. The molecule has 0 saturated carbocycles. The number of hydrogen-bond donors (Lipinski definition) is 3. The average molecular weight is 390 g/mol. The highest BCUT2D eigenvalue weighted by Crippen LogP contribution is 2.26. The van der Waals surface area contributed by atoms with Crippen LogP contribution in [0.15, 0.2) is 46.1 Å². The van der Waals surface area contributed by atoms with Gasteiger partial charge in [-0.05, 0) is 53.9 Å². The van der Waals surface area contributed by atoms with Gasteiger partial charge in [-0.25, -0.2) is 0 Å². The van der Waals surface area contributed by atoms with Gasteiger partial charge < -0.3 is 20.5 Å². The minimum atomic E-state index is -0.943. The standard InChI is InChI=1S/C21H31N3O2S/c1-6-22-19(24-15-21(4,25)17-11-12-27-13-17)23-14-20(2,3)16-7-9-18(26-5)10-8-16/h7-13,25H,6,14-15H2,1-5H3,(H2,22,23,24). The Kier molecular flexibility index (Phi) is 7.27. The Morgan fingerprint density at radius 3 is 2.37 bits per heavy atom. The Bertz CT molecular complexity index is 722. The number of methoxy groups -OCH3 is 1. The lowest BCUT2D eigenvalue weighted by atomic mass is 9.85. The molecule has 0 radical (unpaired) electrons. The maximum absolute atomic E-state index is 10.7. The first-order valence-corrected chi connectivity index (χ1v) is 10.1. The van der Waals surface area contributed by atoms with E-state index in [1.807, 2.05) is 42.8 Å². The lowest BCUT2D eigenvalue weighted by Crippen LogP contribution is -2.45. The van der Waals surface area contributed by atoms with Crippen molar-refractivity contribution >= 4 is 17.3 Å². The van der Waals surface area contributed by atoms with Gasteiger partial charge in [0.15, 0.2) is 5.96 Å². The normalized spacial score (nSPS) is 14.5. The second-order valence-corrected chi connectivity index (χ2v) is 8.23. The topological polar surface area (TPSA) is 65.9 Å². The van der Waals surface area contributed by atoms with Crippen molar-refractivity contribution in [3.05, 3.63) is 52.2 Å². The van der Waals surface area contributed by atoms with Gasteiger partial charge in [0, 0.05) is 12.0 Å². The maximum Gasteiger partial charge on any atom is 0.191 e. The Labute approximate surface area is 166 Å². The lowest BCUT2D eigenvalue weighted by molar-refractivity contribution is 0.0621. The molecule has 27 heavy (non-hydrogen) atoms. The van der Waals surface area contributed by atoms with E-state index < -0.39 is 5.60 Å². The fourth-order valence-corrected chi connectivity index (χ4v) is 3.46. The highest BCUT2D eigenvalue weighted by atomic mass is 32.1. The first-order chi connectivity index (χ1) is 12.8. The van der Waals surface area contributed by atoms with E-state index >= 15 is 0 Å². The summed E-state index contributed by atoms with van der Waals surface area (Å²) in [6.07, 6.45) is 0. The van der Waals surface area contributed by atoms with Crippen LogP contribution in [0.4, 0.5) is 0 Å². The summed E-state index contributed by atoms with van der Waals surface area (Å²) in [5.74, 6) is 1.55. The first kappa shape index (κ1) is 21.3. The van der Waals surface area contributed by atoms with Crippen LogP contribution in [0.25, 0.3) is 0 Å². The van der Waals surface area contributed by atoms with Gasteiger partial charge in [-0.2, -0.15) is 11.3 Å². The summed E-state index contributed by atoms with van der Waals surface area (Å²) in [5.41, 5.74) is 1.05. The molecule has 1 heterocycles. The molecule has 0 aliphatic heterocycles. The highest BCUT2D eigenvalue weighted by Gasteiger charge is 2.24. The molecule has 1 aromatic heterocycles. The van der Waals surface area contributed by atoms with Crippen molar-refractivity contribution in [1.29, 1.82) is 0 Å². The number of thiophene rings is 1. The number of aliphatic imine (C=N–C) groups is 1. The van der Waals surface area contributed by atoms with E-state index in [9.17, 15) is 5.11 Å². The number of nitrogens with one attached hydrogen (secondary N) is 2. The molecule has 1 atom stereocenters. The number of guanidine groups is 1. The predicted octanol–water partition coefficient (Wildman–Crippen LogP) is 3.50. The van der Waals surface area contributed by atoms with Crippen molar-refractivity contribution in [3.8, 4) is 5.75 Å². The summed E-state index contributed by atoms with van der Waals surface area (Å²) in [4.78, 5) is 4.74. The van der Waals surface area contributed by atoms with Crippen LogP contribution in [0.1, 0.15) is 38.8 Å². The molecular weight excluding hydrogens is 358 g/mol. The average Bonchev–Trinajstić information content (AvgIpc) is 3.20. The zero-order valence-electron chi connectivity index (χ0n) is 16.9. The molecule has 0 amide bonds. The molecule has 0 saturated heterocycles. The second-order valence-electron chi connectivity index (χ2n) is 7.45. The third-order valence-corrected chi connectivity index (χ3v) is 5.27. The SMILES string of the molecule is CCNC(=NCC(C)(C)c1ccc(OC)cc1)NCC(C)(O)c1ccsc1. The largest absolute Gasteiger partial charge is 0.497 e. The van der Waals surface area contributed by atoms with Crippen LogP contribution < -0.4 is 15.4 Å². The molecule has 0 spiro atoms. The monoisotopic (exact) mass is 389 g/mol. The van der Waals surface area contributed by atoms with E-state index in [2.05, 4.69) is 36.6 Å². The number of hydrogen-bond acceptors (Lipinski definition) is 4. The van der Waals surface area contributed by atoms with E-state index in [1.165, 1.54) is 5.56 Å². The van der Waals surface area contributed by atoms with Crippen LogP contribution >= 0.6 is 11.3 Å². The molecule has 2 rings (SSSR count). The predicted molar refractivity (Wildman–Crippen MR) is 114 cm³/mol.